The Morgan fingerprint density at radius 1 is 0.920 bits per heavy atom. The summed E-state index contributed by atoms with van der Waals surface area (Å²) >= 11 is 0. The van der Waals surface area contributed by atoms with E-state index in [1.165, 1.54) is 11.1 Å². The number of aryl methyl sites for hydroxylation is 1. The van der Waals surface area contributed by atoms with Crippen LogP contribution in [0.15, 0.2) is 66.7 Å². The summed E-state index contributed by atoms with van der Waals surface area (Å²) in [6.07, 6.45) is 0.413. The number of aliphatic hydroxyl groups excluding tert-OH is 1. The van der Waals surface area contributed by atoms with Gasteiger partial charge in [0.2, 0.25) is 0 Å². The van der Waals surface area contributed by atoms with Gasteiger partial charge in [-0.3, -0.25) is 0 Å². The van der Waals surface area contributed by atoms with Crippen molar-refractivity contribution >= 4 is 5.82 Å². The van der Waals surface area contributed by atoms with Gasteiger partial charge in [-0.05, 0) is 36.1 Å². The molecule has 126 valence electrons. The van der Waals surface area contributed by atoms with Crippen molar-refractivity contribution in [2.75, 3.05) is 11.4 Å². The number of anilines is 1. The third kappa shape index (κ3) is 3.15. The first-order valence-corrected chi connectivity index (χ1v) is 8.74. The maximum atomic E-state index is 10.7. The summed E-state index contributed by atoms with van der Waals surface area (Å²) in [5.74, 6) is 0.982. The van der Waals surface area contributed by atoms with Gasteiger partial charge in [0.1, 0.15) is 11.9 Å². The van der Waals surface area contributed by atoms with E-state index in [4.69, 9.17) is 4.98 Å². The molecule has 0 saturated heterocycles. The number of benzene rings is 2. The largest absolute Gasteiger partial charge is 0.384 e. The summed E-state index contributed by atoms with van der Waals surface area (Å²) in [5, 5.41) is 10.7. The van der Waals surface area contributed by atoms with Crippen LogP contribution in [-0.4, -0.2) is 16.6 Å². The SMILES string of the molecule is Cc1nc(N2CCc3ccccc3C2)ccc1[C@H](O)c1ccccc1. The van der Waals surface area contributed by atoms with Crippen molar-refractivity contribution < 1.29 is 5.11 Å². The number of hydrogen-bond donors (Lipinski definition) is 1. The molecule has 2 heterocycles. The van der Waals surface area contributed by atoms with Gasteiger partial charge in [-0.2, -0.15) is 0 Å². The number of pyridine rings is 1. The van der Waals surface area contributed by atoms with Crippen molar-refractivity contribution in [3.05, 3.63) is 94.7 Å². The number of aliphatic hydroxyl groups is 1. The fourth-order valence-electron chi connectivity index (χ4n) is 3.53. The van der Waals surface area contributed by atoms with Crippen molar-refractivity contribution in [3.63, 3.8) is 0 Å². The predicted octanol–water partition coefficient (Wildman–Crippen LogP) is 4.03. The first-order valence-electron chi connectivity index (χ1n) is 8.74. The van der Waals surface area contributed by atoms with Crippen LogP contribution in [0.5, 0.6) is 0 Å². The first kappa shape index (κ1) is 15.9. The second-order valence-electron chi connectivity index (χ2n) is 6.60. The Hall–Kier alpha value is -2.65. The lowest BCUT2D eigenvalue weighted by molar-refractivity contribution is 0.219. The van der Waals surface area contributed by atoms with Crippen LogP contribution in [-0.2, 0) is 13.0 Å². The van der Waals surface area contributed by atoms with E-state index in [-0.39, 0.29) is 0 Å². The molecular formula is C22H22N2O. The maximum Gasteiger partial charge on any atom is 0.129 e. The van der Waals surface area contributed by atoms with Crippen LogP contribution in [0.2, 0.25) is 0 Å². The monoisotopic (exact) mass is 330 g/mol. The zero-order chi connectivity index (χ0) is 17.2. The molecule has 0 bridgehead atoms. The van der Waals surface area contributed by atoms with Crippen molar-refractivity contribution in [1.82, 2.24) is 4.98 Å². The molecular weight excluding hydrogens is 308 g/mol. The molecule has 2 aromatic carbocycles. The highest BCUT2D eigenvalue weighted by atomic mass is 16.3. The van der Waals surface area contributed by atoms with Crippen LogP contribution in [0, 0.1) is 6.92 Å². The quantitative estimate of drug-likeness (QED) is 0.787. The molecule has 1 aliphatic rings. The van der Waals surface area contributed by atoms with E-state index in [1.54, 1.807) is 0 Å². The van der Waals surface area contributed by atoms with Crippen molar-refractivity contribution in [3.8, 4) is 0 Å². The van der Waals surface area contributed by atoms with Crippen molar-refractivity contribution in [2.45, 2.75) is 26.0 Å². The lowest BCUT2D eigenvalue weighted by atomic mass is 9.99. The molecule has 3 aromatic rings. The van der Waals surface area contributed by atoms with Gasteiger partial charge in [0, 0.05) is 24.3 Å². The maximum absolute atomic E-state index is 10.7. The molecule has 0 spiro atoms. The normalized spacial score (nSPS) is 14.9. The fraction of sp³-hybridized carbons (Fsp3) is 0.227. The minimum Gasteiger partial charge on any atom is -0.384 e. The third-order valence-corrected chi connectivity index (χ3v) is 4.98. The highest BCUT2D eigenvalue weighted by Crippen LogP contribution is 2.28. The van der Waals surface area contributed by atoms with Gasteiger partial charge in [0.15, 0.2) is 0 Å². The van der Waals surface area contributed by atoms with Gasteiger partial charge < -0.3 is 10.0 Å². The molecule has 1 N–H and O–H groups in total. The van der Waals surface area contributed by atoms with E-state index in [1.807, 2.05) is 49.4 Å². The van der Waals surface area contributed by atoms with Crippen LogP contribution in [0.25, 0.3) is 0 Å². The number of hydrogen-bond acceptors (Lipinski definition) is 3. The van der Waals surface area contributed by atoms with E-state index in [2.05, 4.69) is 29.2 Å². The van der Waals surface area contributed by atoms with E-state index in [9.17, 15) is 5.11 Å². The number of nitrogens with zero attached hydrogens (tertiary/aromatic N) is 2. The number of aromatic nitrogens is 1. The fourth-order valence-corrected chi connectivity index (χ4v) is 3.53. The summed E-state index contributed by atoms with van der Waals surface area (Å²) in [4.78, 5) is 7.10. The first-order chi connectivity index (χ1) is 12.2. The standard InChI is InChI=1S/C22H22N2O/c1-16-20(22(25)18-8-3-2-4-9-18)11-12-21(23-16)24-14-13-17-7-5-6-10-19(17)15-24/h2-12,22,25H,13-15H2,1H3/t22-/m1/s1. The zero-order valence-electron chi connectivity index (χ0n) is 14.4. The van der Waals surface area contributed by atoms with Gasteiger partial charge in [-0.15, -0.1) is 0 Å². The zero-order valence-corrected chi connectivity index (χ0v) is 14.4. The highest BCUT2D eigenvalue weighted by Gasteiger charge is 2.19. The molecule has 25 heavy (non-hydrogen) atoms. The molecule has 0 fully saturated rings. The van der Waals surface area contributed by atoms with Gasteiger partial charge in [0.05, 0.1) is 0 Å². The number of fused-ring (bicyclic) bond motifs is 1. The summed E-state index contributed by atoms with van der Waals surface area (Å²) in [6, 6.07) is 22.4. The van der Waals surface area contributed by atoms with Gasteiger partial charge in [0.25, 0.3) is 0 Å². The van der Waals surface area contributed by atoms with Gasteiger partial charge in [-0.25, -0.2) is 4.98 Å². The molecule has 0 radical (unpaired) electrons. The van der Waals surface area contributed by atoms with E-state index < -0.39 is 6.10 Å². The Bertz CT molecular complexity index is 876. The molecule has 3 heteroatoms. The van der Waals surface area contributed by atoms with Gasteiger partial charge >= 0.3 is 0 Å². The van der Waals surface area contributed by atoms with Crippen molar-refractivity contribution in [2.24, 2.45) is 0 Å². The Morgan fingerprint density at radius 3 is 2.40 bits per heavy atom. The Balaban J connectivity index is 1.58. The molecule has 1 aliphatic heterocycles. The number of rotatable bonds is 3. The topological polar surface area (TPSA) is 36.4 Å². The molecule has 3 nitrogen and oxygen atoms in total. The van der Waals surface area contributed by atoms with Crippen LogP contribution in [0.3, 0.4) is 0 Å². The van der Waals surface area contributed by atoms with E-state index >= 15 is 0 Å². The Labute approximate surface area is 148 Å². The second-order valence-corrected chi connectivity index (χ2v) is 6.60. The van der Waals surface area contributed by atoms with Crippen molar-refractivity contribution in [1.29, 1.82) is 0 Å². The van der Waals surface area contributed by atoms with E-state index in [0.29, 0.717) is 0 Å². The molecule has 0 aliphatic carbocycles. The average Bonchev–Trinajstić information content (AvgIpc) is 2.67. The van der Waals surface area contributed by atoms with Crippen LogP contribution in [0.4, 0.5) is 5.82 Å². The lowest BCUT2D eigenvalue weighted by Gasteiger charge is -2.30. The molecule has 0 saturated carbocycles. The summed E-state index contributed by atoms with van der Waals surface area (Å²) in [7, 11) is 0. The Kier molecular flexibility index (Phi) is 4.24. The lowest BCUT2D eigenvalue weighted by Crippen LogP contribution is -2.31. The third-order valence-electron chi connectivity index (χ3n) is 4.98. The van der Waals surface area contributed by atoms with E-state index in [0.717, 1.165) is 42.1 Å². The highest BCUT2D eigenvalue weighted by molar-refractivity contribution is 5.47. The Morgan fingerprint density at radius 2 is 1.64 bits per heavy atom. The second kappa shape index (κ2) is 6.69. The van der Waals surface area contributed by atoms with Crippen LogP contribution >= 0.6 is 0 Å². The smallest absolute Gasteiger partial charge is 0.129 e. The van der Waals surface area contributed by atoms with Crippen LogP contribution < -0.4 is 4.90 Å². The van der Waals surface area contributed by atoms with Gasteiger partial charge in [-0.1, -0.05) is 60.7 Å². The van der Waals surface area contributed by atoms with Crippen LogP contribution in [0.1, 0.15) is 34.1 Å². The minimum atomic E-state index is -0.634. The summed E-state index contributed by atoms with van der Waals surface area (Å²) < 4.78 is 0. The summed E-state index contributed by atoms with van der Waals surface area (Å²) in [5.41, 5.74) is 5.46. The molecule has 0 unspecified atom stereocenters. The molecule has 4 rings (SSSR count). The minimum absolute atomic E-state index is 0.634. The average molecular weight is 330 g/mol. The molecule has 0 amide bonds. The predicted molar refractivity (Wildman–Crippen MR) is 101 cm³/mol. The summed E-state index contributed by atoms with van der Waals surface area (Å²) in [6.45, 7) is 3.84. The molecule has 1 atom stereocenters. The molecule has 1 aromatic heterocycles.